The number of fused-ring (bicyclic) bond motifs is 3. The minimum Gasteiger partial charge on any atom is -0.272 e. The molecule has 2 N–H and O–H groups in total. The summed E-state index contributed by atoms with van der Waals surface area (Å²) in [5.74, 6) is 0.227. The second-order valence-corrected chi connectivity index (χ2v) is 7.10. The van der Waals surface area contributed by atoms with Crippen molar-refractivity contribution in [3.8, 4) is 11.3 Å². The summed E-state index contributed by atoms with van der Waals surface area (Å²) in [5, 5.41) is 11.4. The van der Waals surface area contributed by atoms with Gasteiger partial charge in [0.25, 0.3) is 5.91 Å². The Labute approximate surface area is 158 Å². The van der Waals surface area contributed by atoms with Crippen LogP contribution in [0.15, 0.2) is 53.6 Å². The lowest BCUT2D eigenvalue weighted by Gasteiger charge is -2.15. The maximum absolute atomic E-state index is 12.5. The Hall–Kier alpha value is -3.21. The van der Waals surface area contributed by atoms with Crippen molar-refractivity contribution in [3.05, 3.63) is 76.5 Å². The fourth-order valence-corrected chi connectivity index (χ4v) is 3.44. The Morgan fingerprint density at radius 3 is 2.70 bits per heavy atom. The molecule has 0 atom stereocenters. The summed E-state index contributed by atoms with van der Waals surface area (Å²) in [5.41, 5.74) is 9.52. The second kappa shape index (κ2) is 7.19. The molecule has 0 fully saturated rings. The lowest BCUT2D eigenvalue weighted by atomic mass is 9.89. The van der Waals surface area contributed by atoms with Crippen molar-refractivity contribution in [3.63, 3.8) is 0 Å². The SMILES string of the molecule is CC(C)c1ccc(/C=N/NC(=O)c2[nH]nc3c2CCc2ccccc2-3)cc1. The molecule has 0 unspecified atom stereocenters. The van der Waals surface area contributed by atoms with Gasteiger partial charge in [-0.15, -0.1) is 0 Å². The van der Waals surface area contributed by atoms with Crippen molar-refractivity contribution in [2.75, 3.05) is 0 Å². The molecule has 136 valence electrons. The fourth-order valence-electron chi connectivity index (χ4n) is 3.44. The molecule has 3 aromatic rings. The molecule has 1 amide bonds. The quantitative estimate of drug-likeness (QED) is 0.545. The third-order valence-electron chi connectivity index (χ3n) is 4.99. The predicted molar refractivity (Wildman–Crippen MR) is 107 cm³/mol. The van der Waals surface area contributed by atoms with Crippen molar-refractivity contribution < 1.29 is 4.79 Å². The number of rotatable bonds is 4. The number of H-pyrrole nitrogens is 1. The van der Waals surface area contributed by atoms with Gasteiger partial charge < -0.3 is 0 Å². The van der Waals surface area contributed by atoms with E-state index in [0.717, 1.165) is 35.2 Å². The van der Waals surface area contributed by atoms with Gasteiger partial charge in [-0.05, 0) is 35.4 Å². The van der Waals surface area contributed by atoms with E-state index in [2.05, 4.69) is 58.8 Å². The minimum atomic E-state index is -0.266. The molecule has 1 aliphatic rings. The number of amides is 1. The van der Waals surface area contributed by atoms with Gasteiger partial charge in [0.1, 0.15) is 5.69 Å². The zero-order chi connectivity index (χ0) is 18.8. The normalized spacial score (nSPS) is 12.9. The zero-order valence-corrected chi connectivity index (χ0v) is 15.5. The lowest BCUT2D eigenvalue weighted by molar-refractivity contribution is 0.0949. The number of hydrogen-bond donors (Lipinski definition) is 2. The average molecular weight is 358 g/mol. The van der Waals surface area contributed by atoms with E-state index >= 15 is 0 Å². The van der Waals surface area contributed by atoms with Gasteiger partial charge in [0.05, 0.1) is 11.9 Å². The smallest absolute Gasteiger partial charge is 0.272 e. The summed E-state index contributed by atoms with van der Waals surface area (Å²) in [6, 6.07) is 16.4. The summed E-state index contributed by atoms with van der Waals surface area (Å²) in [7, 11) is 0. The molecule has 5 heteroatoms. The highest BCUT2D eigenvalue weighted by molar-refractivity contribution is 5.96. The second-order valence-electron chi connectivity index (χ2n) is 7.10. The summed E-state index contributed by atoms with van der Waals surface area (Å²) in [4.78, 5) is 12.5. The zero-order valence-electron chi connectivity index (χ0n) is 15.5. The van der Waals surface area contributed by atoms with Gasteiger partial charge in [-0.2, -0.15) is 10.2 Å². The first-order valence-corrected chi connectivity index (χ1v) is 9.22. The van der Waals surface area contributed by atoms with Crippen LogP contribution in [0.2, 0.25) is 0 Å². The number of nitrogens with zero attached hydrogens (tertiary/aromatic N) is 2. The Bertz CT molecular complexity index is 999. The molecule has 0 aliphatic heterocycles. The first-order chi connectivity index (χ1) is 13.1. The predicted octanol–water partition coefficient (Wildman–Crippen LogP) is 4.06. The molecule has 4 rings (SSSR count). The first kappa shape index (κ1) is 17.2. The molecule has 0 saturated carbocycles. The van der Waals surface area contributed by atoms with Crippen molar-refractivity contribution in [2.45, 2.75) is 32.6 Å². The molecular formula is C22H22N4O. The van der Waals surface area contributed by atoms with E-state index in [1.165, 1.54) is 11.1 Å². The molecule has 0 radical (unpaired) electrons. The molecule has 5 nitrogen and oxygen atoms in total. The lowest BCUT2D eigenvalue weighted by Crippen LogP contribution is -2.20. The highest BCUT2D eigenvalue weighted by Crippen LogP contribution is 2.33. The van der Waals surface area contributed by atoms with Crippen LogP contribution in [0, 0.1) is 0 Å². The van der Waals surface area contributed by atoms with Crippen LogP contribution in [0.5, 0.6) is 0 Å². The van der Waals surface area contributed by atoms with E-state index in [-0.39, 0.29) is 5.91 Å². The molecule has 1 heterocycles. The van der Waals surface area contributed by atoms with Gasteiger partial charge in [-0.25, -0.2) is 5.43 Å². The number of carbonyl (C=O) groups is 1. The van der Waals surface area contributed by atoms with Crippen LogP contribution in [0.3, 0.4) is 0 Å². The van der Waals surface area contributed by atoms with E-state index in [1.54, 1.807) is 6.21 Å². The number of hydrogen-bond acceptors (Lipinski definition) is 3. The largest absolute Gasteiger partial charge is 0.289 e. The van der Waals surface area contributed by atoms with Gasteiger partial charge in [0, 0.05) is 11.1 Å². The van der Waals surface area contributed by atoms with Gasteiger partial charge in [0.15, 0.2) is 0 Å². The van der Waals surface area contributed by atoms with Gasteiger partial charge in [-0.1, -0.05) is 62.4 Å². The van der Waals surface area contributed by atoms with Crippen LogP contribution in [-0.2, 0) is 12.8 Å². The topological polar surface area (TPSA) is 70.1 Å². The number of benzene rings is 2. The number of hydrazone groups is 1. The van der Waals surface area contributed by atoms with E-state index in [4.69, 9.17) is 0 Å². The van der Waals surface area contributed by atoms with Gasteiger partial charge in [-0.3, -0.25) is 9.89 Å². The standard InChI is InChI=1S/C22H22N4O/c1-14(2)16-9-7-15(8-10-16)13-23-26-22(27)21-19-12-11-17-5-3-4-6-18(17)20(19)24-25-21/h3-10,13-14H,11-12H2,1-2H3,(H,24,25)(H,26,27)/b23-13+. The fraction of sp³-hybridized carbons (Fsp3) is 0.227. The monoisotopic (exact) mass is 358 g/mol. The highest BCUT2D eigenvalue weighted by atomic mass is 16.2. The maximum atomic E-state index is 12.5. The minimum absolute atomic E-state index is 0.266. The summed E-state index contributed by atoms with van der Waals surface area (Å²) in [6.07, 6.45) is 3.36. The van der Waals surface area contributed by atoms with Gasteiger partial charge in [0.2, 0.25) is 0 Å². The molecule has 0 spiro atoms. The Morgan fingerprint density at radius 1 is 1.15 bits per heavy atom. The Balaban J connectivity index is 1.48. The van der Waals surface area contributed by atoms with Crippen LogP contribution in [0.25, 0.3) is 11.3 Å². The molecule has 1 aliphatic carbocycles. The molecular weight excluding hydrogens is 336 g/mol. The number of nitrogens with one attached hydrogen (secondary N) is 2. The van der Waals surface area contributed by atoms with Crippen LogP contribution in [-0.4, -0.2) is 22.3 Å². The number of carbonyl (C=O) groups excluding carboxylic acids is 1. The van der Waals surface area contributed by atoms with Crippen LogP contribution >= 0.6 is 0 Å². The summed E-state index contributed by atoms with van der Waals surface area (Å²) < 4.78 is 0. The Morgan fingerprint density at radius 2 is 1.93 bits per heavy atom. The summed E-state index contributed by atoms with van der Waals surface area (Å²) >= 11 is 0. The van der Waals surface area contributed by atoms with E-state index in [1.807, 2.05) is 24.3 Å². The van der Waals surface area contributed by atoms with Crippen molar-refractivity contribution in [1.82, 2.24) is 15.6 Å². The molecule has 0 bridgehead atoms. The first-order valence-electron chi connectivity index (χ1n) is 9.22. The van der Waals surface area contributed by atoms with Crippen molar-refractivity contribution in [2.24, 2.45) is 5.10 Å². The van der Waals surface area contributed by atoms with E-state index < -0.39 is 0 Å². The third kappa shape index (κ3) is 3.40. The van der Waals surface area contributed by atoms with Crippen LogP contribution in [0.4, 0.5) is 0 Å². The Kier molecular flexibility index (Phi) is 4.59. The molecule has 2 aromatic carbocycles. The van der Waals surface area contributed by atoms with Gasteiger partial charge >= 0.3 is 0 Å². The number of aromatic nitrogens is 2. The van der Waals surface area contributed by atoms with Crippen molar-refractivity contribution in [1.29, 1.82) is 0 Å². The third-order valence-corrected chi connectivity index (χ3v) is 4.99. The number of aromatic amines is 1. The highest BCUT2D eigenvalue weighted by Gasteiger charge is 2.24. The molecule has 1 aromatic heterocycles. The maximum Gasteiger partial charge on any atom is 0.289 e. The molecule has 27 heavy (non-hydrogen) atoms. The summed E-state index contributed by atoms with van der Waals surface area (Å²) in [6.45, 7) is 4.32. The van der Waals surface area contributed by atoms with Crippen LogP contribution in [0.1, 0.15) is 52.5 Å². The van der Waals surface area contributed by atoms with E-state index in [0.29, 0.717) is 11.6 Å². The number of aryl methyl sites for hydroxylation is 1. The van der Waals surface area contributed by atoms with Crippen LogP contribution < -0.4 is 5.43 Å². The van der Waals surface area contributed by atoms with E-state index in [9.17, 15) is 4.79 Å². The van der Waals surface area contributed by atoms with Crippen molar-refractivity contribution >= 4 is 12.1 Å². The molecule has 0 saturated heterocycles. The average Bonchev–Trinajstić information content (AvgIpc) is 3.13.